The van der Waals surface area contributed by atoms with E-state index in [-0.39, 0.29) is 18.1 Å². The molecule has 1 aliphatic heterocycles. The molecule has 1 amide bonds. The van der Waals surface area contributed by atoms with Crippen LogP contribution in [0.15, 0.2) is 48.7 Å². The Morgan fingerprint density at radius 2 is 1.84 bits per heavy atom. The van der Waals surface area contributed by atoms with Crippen molar-refractivity contribution < 1.29 is 19.5 Å². The molecule has 0 aromatic heterocycles. The molecular weight excluding hydrogens is 406 g/mol. The summed E-state index contributed by atoms with van der Waals surface area (Å²) >= 11 is 0. The topological polar surface area (TPSA) is 91.9 Å². The molecule has 0 unspecified atom stereocenters. The molecule has 0 spiro atoms. The highest BCUT2D eigenvalue weighted by atomic mass is 16.7. The van der Waals surface area contributed by atoms with Gasteiger partial charge in [0.1, 0.15) is 0 Å². The molecule has 7 nitrogen and oxygen atoms in total. The maximum atomic E-state index is 13.3. The summed E-state index contributed by atoms with van der Waals surface area (Å²) in [5.41, 5.74) is 6.03. The zero-order chi connectivity index (χ0) is 22.9. The van der Waals surface area contributed by atoms with Crippen molar-refractivity contribution in [3.05, 3.63) is 59.8 Å². The van der Waals surface area contributed by atoms with Gasteiger partial charge in [-0.15, -0.1) is 0 Å². The van der Waals surface area contributed by atoms with Gasteiger partial charge in [0.05, 0.1) is 5.41 Å². The van der Waals surface area contributed by atoms with Crippen molar-refractivity contribution in [2.75, 3.05) is 24.0 Å². The van der Waals surface area contributed by atoms with E-state index >= 15 is 0 Å². The Hall–Kier alpha value is -3.03. The first-order valence-electron chi connectivity index (χ1n) is 10.9. The molecule has 2 aliphatic rings. The number of rotatable bonds is 8. The Kier molecular flexibility index (Phi) is 5.88. The minimum Gasteiger partial charge on any atom is -0.454 e. The summed E-state index contributed by atoms with van der Waals surface area (Å²) in [5, 5.41) is 15.6. The van der Waals surface area contributed by atoms with Crippen LogP contribution in [-0.4, -0.2) is 24.5 Å². The molecule has 2 aromatic rings. The van der Waals surface area contributed by atoms with E-state index in [0.717, 1.165) is 41.0 Å². The first kappa shape index (κ1) is 22.2. The van der Waals surface area contributed by atoms with Gasteiger partial charge in [-0.3, -0.25) is 4.79 Å². The summed E-state index contributed by atoms with van der Waals surface area (Å²) in [7, 11) is 0. The van der Waals surface area contributed by atoms with E-state index in [4.69, 9.17) is 14.7 Å². The number of hydrogen-bond donors (Lipinski definition) is 4. The van der Waals surface area contributed by atoms with Crippen LogP contribution in [-0.2, 0) is 16.6 Å². The minimum atomic E-state index is -0.536. The SMILES string of the molecule is C=C(Nc1ccc(NC(=O)C2(c3ccc4c(c3)OCO4)CC2)cc1CCNO)C(C)(C)C. The lowest BCUT2D eigenvalue weighted by Gasteiger charge is -2.25. The number of carbonyl (C=O) groups is 1. The van der Waals surface area contributed by atoms with Gasteiger partial charge in [0.2, 0.25) is 12.7 Å². The van der Waals surface area contributed by atoms with E-state index in [2.05, 4.69) is 43.5 Å². The quantitative estimate of drug-likeness (QED) is 0.452. The van der Waals surface area contributed by atoms with Gasteiger partial charge in [0.15, 0.2) is 11.5 Å². The van der Waals surface area contributed by atoms with Crippen molar-refractivity contribution in [1.82, 2.24) is 5.48 Å². The molecule has 1 heterocycles. The second-order valence-corrected chi connectivity index (χ2v) is 9.49. The molecule has 0 atom stereocenters. The van der Waals surface area contributed by atoms with Crippen LogP contribution in [0.25, 0.3) is 0 Å². The molecule has 1 aliphatic carbocycles. The lowest BCUT2D eigenvalue weighted by molar-refractivity contribution is -0.118. The van der Waals surface area contributed by atoms with E-state index in [0.29, 0.717) is 24.5 Å². The highest BCUT2D eigenvalue weighted by Gasteiger charge is 2.51. The Morgan fingerprint density at radius 3 is 2.53 bits per heavy atom. The van der Waals surface area contributed by atoms with Crippen LogP contribution < -0.4 is 25.6 Å². The second-order valence-electron chi connectivity index (χ2n) is 9.49. The van der Waals surface area contributed by atoms with Crippen molar-refractivity contribution in [2.24, 2.45) is 5.41 Å². The minimum absolute atomic E-state index is 0.0255. The smallest absolute Gasteiger partial charge is 0.235 e. The van der Waals surface area contributed by atoms with Crippen LogP contribution in [0.5, 0.6) is 11.5 Å². The number of ether oxygens (including phenoxy) is 2. The van der Waals surface area contributed by atoms with Crippen LogP contribution in [0.4, 0.5) is 11.4 Å². The van der Waals surface area contributed by atoms with Crippen molar-refractivity contribution in [1.29, 1.82) is 0 Å². The number of benzene rings is 2. The summed E-state index contributed by atoms with van der Waals surface area (Å²) in [6, 6.07) is 11.5. The molecule has 1 saturated carbocycles. The van der Waals surface area contributed by atoms with Gasteiger partial charge in [-0.2, -0.15) is 0 Å². The summed E-state index contributed by atoms with van der Waals surface area (Å²) in [4.78, 5) is 13.3. The third-order valence-electron chi connectivity index (χ3n) is 6.17. The van der Waals surface area contributed by atoms with E-state index in [1.165, 1.54) is 0 Å². The number of hydrogen-bond acceptors (Lipinski definition) is 6. The Morgan fingerprint density at radius 1 is 1.09 bits per heavy atom. The first-order valence-corrected chi connectivity index (χ1v) is 10.9. The highest BCUT2D eigenvalue weighted by molar-refractivity contribution is 6.01. The average molecular weight is 438 g/mol. The number of carbonyl (C=O) groups excluding carboxylic acids is 1. The number of amides is 1. The van der Waals surface area contributed by atoms with Gasteiger partial charge in [-0.1, -0.05) is 33.4 Å². The third kappa shape index (κ3) is 4.45. The fourth-order valence-corrected chi connectivity index (χ4v) is 3.76. The summed E-state index contributed by atoms with van der Waals surface area (Å²) in [6.45, 7) is 11.0. The molecule has 4 rings (SSSR count). The fraction of sp³-hybridized carbons (Fsp3) is 0.400. The highest BCUT2D eigenvalue weighted by Crippen LogP contribution is 2.51. The van der Waals surface area contributed by atoms with Crippen molar-refractivity contribution in [3.8, 4) is 11.5 Å². The van der Waals surface area contributed by atoms with Crippen molar-refractivity contribution in [3.63, 3.8) is 0 Å². The van der Waals surface area contributed by atoms with E-state index in [1.807, 2.05) is 36.4 Å². The van der Waals surface area contributed by atoms with Crippen molar-refractivity contribution >= 4 is 17.3 Å². The molecule has 32 heavy (non-hydrogen) atoms. The second kappa shape index (κ2) is 8.48. The van der Waals surface area contributed by atoms with E-state index < -0.39 is 5.41 Å². The Bertz CT molecular complexity index is 1040. The molecule has 2 aromatic carbocycles. The van der Waals surface area contributed by atoms with Crippen LogP contribution in [0, 0.1) is 5.41 Å². The lowest BCUT2D eigenvalue weighted by atomic mass is 9.92. The Labute approximate surface area is 188 Å². The number of fused-ring (bicyclic) bond motifs is 1. The standard InChI is InChI=1S/C25H31N3O4/c1-16(24(2,3)4)27-20-7-6-19(13-17(20)9-12-26-30)28-23(29)25(10-11-25)18-5-8-21-22(14-18)32-15-31-21/h5-8,13-14,26-27,30H,1,9-12,15H2,2-4H3,(H,28,29). The lowest BCUT2D eigenvalue weighted by Crippen LogP contribution is -2.28. The monoisotopic (exact) mass is 437 g/mol. The summed E-state index contributed by atoms with van der Waals surface area (Å²) in [6.07, 6.45) is 2.18. The van der Waals surface area contributed by atoms with Gasteiger partial charge in [0.25, 0.3) is 0 Å². The van der Waals surface area contributed by atoms with Crippen LogP contribution in [0.3, 0.4) is 0 Å². The molecule has 4 N–H and O–H groups in total. The molecule has 0 saturated heterocycles. The zero-order valence-electron chi connectivity index (χ0n) is 18.9. The van der Waals surface area contributed by atoms with Gasteiger partial charge in [-0.25, -0.2) is 5.48 Å². The molecular formula is C25H31N3O4. The number of hydroxylamine groups is 1. The molecule has 1 fully saturated rings. The van der Waals surface area contributed by atoms with E-state index in [1.54, 1.807) is 0 Å². The predicted molar refractivity (Wildman–Crippen MR) is 124 cm³/mol. The van der Waals surface area contributed by atoms with Crippen LogP contribution in [0.2, 0.25) is 0 Å². The maximum Gasteiger partial charge on any atom is 0.235 e. The molecule has 7 heteroatoms. The maximum absolute atomic E-state index is 13.3. The van der Waals surface area contributed by atoms with Crippen molar-refractivity contribution in [2.45, 2.75) is 45.4 Å². The predicted octanol–water partition coefficient (Wildman–Crippen LogP) is 4.58. The number of anilines is 2. The van der Waals surface area contributed by atoms with Gasteiger partial charge < -0.3 is 25.3 Å². The van der Waals surface area contributed by atoms with Gasteiger partial charge in [-0.05, 0) is 60.7 Å². The Balaban J connectivity index is 1.53. The number of allylic oxidation sites excluding steroid dienone is 1. The normalized spacial score (nSPS) is 15.9. The van der Waals surface area contributed by atoms with Crippen LogP contribution >= 0.6 is 0 Å². The first-order chi connectivity index (χ1) is 15.2. The molecule has 0 radical (unpaired) electrons. The van der Waals surface area contributed by atoms with Gasteiger partial charge in [0, 0.05) is 29.0 Å². The third-order valence-corrected chi connectivity index (χ3v) is 6.17. The zero-order valence-corrected chi connectivity index (χ0v) is 18.9. The summed E-state index contributed by atoms with van der Waals surface area (Å²) < 4.78 is 10.9. The average Bonchev–Trinajstić information content (AvgIpc) is 3.44. The number of nitrogens with one attached hydrogen (secondary N) is 3. The largest absolute Gasteiger partial charge is 0.454 e. The summed E-state index contributed by atoms with van der Waals surface area (Å²) in [5.74, 6) is 1.38. The molecule has 0 bridgehead atoms. The van der Waals surface area contributed by atoms with Crippen LogP contribution in [0.1, 0.15) is 44.7 Å². The fourth-order valence-electron chi connectivity index (χ4n) is 3.76. The molecule has 170 valence electrons. The van der Waals surface area contributed by atoms with E-state index in [9.17, 15) is 4.79 Å². The van der Waals surface area contributed by atoms with Gasteiger partial charge >= 0.3 is 0 Å².